The van der Waals surface area contributed by atoms with Gasteiger partial charge in [0.1, 0.15) is 18.3 Å². The number of hydrogen-bond donors (Lipinski definition) is 1. The Hall–Kier alpha value is -3.07. The minimum absolute atomic E-state index is 0.0578. The number of carbonyl (C=O) groups is 2. The van der Waals surface area contributed by atoms with Crippen molar-refractivity contribution in [2.75, 3.05) is 24.2 Å². The fraction of sp³-hybridized carbons (Fsp3) is 0.500. The summed E-state index contributed by atoms with van der Waals surface area (Å²) in [7, 11) is -2.23. The van der Waals surface area contributed by atoms with Gasteiger partial charge >= 0.3 is 0 Å². The van der Waals surface area contributed by atoms with E-state index in [1.165, 1.54) is 4.90 Å². The maximum absolute atomic E-state index is 13.7. The lowest BCUT2D eigenvalue weighted by Gasteiger charge is -2.32. The smallest absolute Gasteiger partial charge is 0.244 e. The van der Waals surface area contributed by atoms with Gasteiger partial charge in [-0.25, -0.2) is 8.42 Å². The molecule has 8 nitrogen and oxygen atoms in total. The van der Waals surface area contributed by atoms with Crippen molar-refractivity contribution in [2.24, 2.45) is 0 Å². The Balaban J connectivity index is 2.41. The highest BCUT2D eigenvalue weighted by atomic mass is 32.2. The van der Waals surface area contributed by atoms with Crippen LogP contribution in [0.5, 0.6) is 5.75 Å². The van der Waals surface area contributed by atoms with E-state index in [2.05, 4.69) is 26.1 Å². The predicted molar refractivity (Wildman–Crippen MR) is 148 cm³/mol. The Kier molecular flexibility index (Phi) is 10.1. The first-order valence-electron chi connectivity index (χ1n) is 12.5. The van der Waals surface area contributed by atoms with E-state index in [1.807, 2.05) is 32.0 Å². The Morgan fingerprint density at radius 2 is 1.68 bits per heavy atom. The summed E-state index contributed by atoms with van der Waals surface area (Å²) in [4.78, 5) is 28.1. The molecule has 0 aromatic heterocycles. The Bertz CT molecular complexity index is 1170. The van der Waals surface area contributed by atoms with Crippen molar-refractivity contribution < 1.29 is 22.7 Å². The second kappa shape index (κ2) is 12.4. The maximum Gasteiger partial charge on any atom is 0.244 e. The van der Waals surface area contributed by atoms with Gasteiger partial charge in [-0.05, 0) is 61.1 Å². The van der Waals surface area contributed by atoms with Gasteiger partial charge in [-0.3, -0.25) is 13.9 Å². The van der Waals surface area contributed by atoms with E-state index in [0.29, 0.717) is 11.4 Å². The van der Waals surface area contributed by atoms with Crippen LogP contribution in [0.15, 0.2) is 48.5 Å². The van der Waals surface area contributed by atoms with Crippen molar-refractivity contribution in [3.8, 4) is 5.75 Å². The van der Waals surface area contributed by atoms with E-state index in [9.17, 15) is 18.0 Å². The number of ether oxygens (including phenoxy) is 1. The molecule has 2 aromatic carbocycles. The molecule has 0 heterocycles. The zero-order chi connectivity index (χ0) is 28.0. The molecule has 0 saturated carbocycles. The van der Waals surface area contributed by atoms with Crippen LogP contribution in [0.2, 0.25) is 0 Å². The first-order chi connectivity index (χ1) is 17.2. The molecule has 0 radical (unpaired) electrons. The van der Waals surface area contributed by atoms with Crippen LogP contribution in [-0.2, 0) is 31.6 Å². The lowest BCUT2D eigenvalue weighted by atomic mass is 9.87. The number of methoxy groups -OCH3 is 1. The van der Waals surface area contributed by atoms with Crippen LogP contribution in [0.4, 0.5) is 5.69 Å². The van der Waals surface area contributed by atoms with Crippen molar-refractivity contribution in [1.29, 1.82) is 0 Å². The maximum atomic E-state index is 13.7. The lowest BCUT2D eigenvalue weighted by molar-refractivity contribution is -0.139. The first-order valence-corrected chi connectivity index (χ1v) is 14.3. The lowest BCUT2D eigenvalue weighted by Crippen LogP contribution is -2.52. The summed E-state index contributed by atoms with van der Waals surface area (Å²) < 4.78 is 31.9. The van der Waals surface area contributed by atoms with Crippen LogP contribution in [0.25, 0.3) is 0 Å². The topological polar surface area (TPSA) is 96.0 Å². The highest BCUT2D eigenvalue weighted by molar-refractivity contribution is 7.92. The van der Waals surface area contributed by atoms with Crippen molar-refractivity contribution >= 4 is 27.5 Å². The zero-order valence-electron chi connectivity index (χ0n) is 23.2. The number of amides is 2. The number of hydrogen-bond acceptors (Lipinski definition) is 5. The summed E-state index contributed by atoms with van der Waals surface area (Å²) in [5.74, 6) is -0.163. The molecule has 0 aliphatic carbocycles. The van der Waals surface area contributed by atoms with E-state index in [-0.39, 0.29) is 23.9 Å². The number of benzene rings is 2. The predicted octanol–water partition coefficient (Wildman–Crippen LogP) is 4.09. The van der Waals surface area contributed by atoms with Crippen LogP contribution in [-0.4, -0.2) is 57.1 Å². The molecule has 0 aliphatic rings. The summed E-state index contributed by atoms with van der Waals surface area (Å²) in [6.45, 7) is 11.4. The van der Waals surface area contributed by atoms with Gasteiger partial charge in [0.05, 0.1) is 19.1 Å². The van der Waals surface area contributed by atoms with Gasteiger partial charge in [0, 0.05) is 12.6 Å². The number of nitrogens with zero attached hydrogens (tertiary/aromatic N) is 2. The monoisotopic (exact) mass is 531 g/mol. The normalized spacial score (nSPS) is 13.4. The van der Waals surface area contributed by atoms with E-state index in [0.717, 1.165) is 28.1 Å². The molecule has 2 aromatic rings. The molecular weight excluding hydrogens is 490 g/mol. The van der Waals surface area contributed by atoms with Crippen molar-refractivity contribution in [3.05, 3.63) is 59.7 Å². The molecule has 204 valence electrons. The minimum atomic E-state index is -3.78. The molecule has 2 rings (SSSR count). The molecule has 0 saturated heterocycles. The third-order valence-electron chi connectivity index (χ3n) is 6.36. The summed E-state index contributed by atoms with van der Waals surface area (Å²) in [5, 5.41) is 2.92. The summed E-state index contributed by atoms with van der Waals surface area (Å²) in [6, 6.07) is 13.5. The largest absolute Gasteiger partial charge is 0.497 e. The Morgan fingerprint density at radius 3 is 2.19 bits per heavy atom. The highest BCUT2D eigenvalue weighted by Crippen LogP contribution is 2.26. The van der Waals surface area contributed by atoms with Crippen molar-refractivity contribution in [2.45, 2.75) is 72.0 Å². The van der Waals surface area contributed by atoms with Gasteiger partial charge in [-0.1, -0.05) is 52.0 Å². The average molecular weight is 532 g/mol. The number of sulfonamides is 1. The molecule has 2 amide bonds. The van der Waals surface area contributed by atoms with Gasteiger partial charge in [0.25, 0.3) is 0 Å². The minimum Gasteiger partial charge on any atom is -0.497 e. The molecule has 2 atom stereocenters. The quantitative estimate of drug-likeness (QED) is 0.471. The molecule has 0 spiro atoms. The fourth-order valence-corrected chi connectivity index (χ4v) is 4.61. The van der Waals surface area contributed by atoms with E-state index < -0.39 is 28.5 Å². The molecule has 9 heteroatoms. The van der Waals surface area contributed by atoms with Crippen LogP contribution in [0.3, 0.4) is 0 Å². The molecule has 0 unspecified atom stereocenters. The Labute approximate surface area is 222 Å². The van der Waals surface area contributed by atoms with Crippen LogP contribution in [0, 0.1) is 0 Å². The SMILES string of the molecule is CC[C@H](C)NC(=O)[C@@H](C)N(Cc1cccc(OC)c1)C(=O)CN(c1ccc(C(C)(C)C)cc1)S(C)(=O)=O. The van der Waals surface area contributed by atoms with E-state index >= 15 is 0 Å². The standard InChI is InChI=1S/C28H41N3O5S/c1-9-20(2)29-27(33)21(3)30(18-22-11-10-12-25(17-22)36-7)26(32)19-31(37(8,34)35)24-15-13-23(14-16-24)28(4,5)6/h10-17,20-21H,9,18-19H2,1-8H3,(H,29,33)/t20-,21+/m0/s1. The number of anilines is 1. The van der Waals surface area contributed by atoms with Crippen LogP contribution in [0.1, 0.15) is 59.1 Å². The number of carbonyl (C=O) groups excluding carboxylic acids is 2. The van der Waals surface area contributed by atoms with Crippen LogP contribution >= 0.6 is 0 Å². The summed E-state index contributed by atoms with van der Waals surface area (Å²) >= 11 is 0. The second-order valence-corrected chi connectivity index (χ2v) is 12.3. The van der Waals surface area contributed by atoms with Gasteiger partial charge in [-0.15, -0.1) is 0 Å². The van der Waals surface area contributed by atoms with E-state index in [4.69, 9.17) is 4.74 Å². The molecule has 0 fully saturated rings. The summed E-state index contributed by atoms with van der Waals surface area (Å²) in [5.41, 5.74) is 2.10. The number of nitrogens with one attached hydrogen (secondary N) is 1. The number of rotatable bonds is 11. The van der Waals surface area contributed by atoms with Crippen LogP contribution < -0.4 is 14.4 Å². The average Bonchev–Trinajstić information content (AvgIpc) is 2.84. The van der Waals surface area contributed by atoms with Gasteiger partial charge in [-0.2, -0.15) is 0 Å². The molecule has 0 bridgehead atoms. The van der Waals surface area contributed by atoms with E-state index in [1.54, 1.807) is 44.4 Å². The fourth-order valence-electron chi connectivity index (χ4n) is 3.76. The zero-order valence-corrected chi connectivity index (χ0v) is 24.1. The first kappa shape index (κ1) is 30.2. The second-order valence-electron chi connectivity index (χ2n) is 10.4. The molecule has 0 aliphatic heterocycles. The molecule has 1 N–H and O–H groups in total. The summed E-state index contributed by atoms with van der Waals surface area (Å²) in [6.07, 6.45) is 1.82. The third-order valence-corrected chi connectivity index (χ3v) is 7.50. The highest BCUT2D eigenvalue weighted by Gasteiger charge is 2.30. The van der Waals surface area contributed by atoms with Gasteiger partial charge in [0.15, 0.2) is 0 Å². The Morgan fingerprint density at radius 1 is 1.05 bits per heavy atom. The third kappa shape index (κ3) is 8.49. The van der Waals surface area contributed by atoms with Crippen molar-refractivity contribution in [1.82, 2.24) is 10.2 Å². The molecular formula is C28H41N3O5S. The van der Waals surface area contributed by atoms with Gasteiger partial charge < -0.3 is 15.0 Å². The van der Waals surface area contributed by atoms with Gasteiger partial charge in [0.2, 0.25) is 21.8 Å². The molecule has 37 heavy (non-hydrogen) atoms. The van der Waals surface area contributed by atoms with Crippen molar-refractivity contribution in [3.63, 3.8) is 0 Å².